The summed E-state index contributed by atoms with van der Waals surface area (Å²) in [5.41, 5.74) is 5.23. The molecule has 0 fully saturated rings. The summed E-state index contributed by atoms with van der Waals surface area (Å²) in [6, 6.07) is 26.5. The van der Waals surface area contributed by atoms with E-state index in [-0.39, 0.29) is 17.9 Å². The van der Waals surface area contributed by atoms with Crippen LogP contribution in [0.4, 0.5) is 0 Å². The van der Waals surface area contributed by atoms with Gasteiger partial charge in [-0.2, -0.15) is 0 Å². The highest BCUT2D eigenvalue weighted by atomic mass is 16.1. The first-order valence-corrected chi connectivity index (χ1v) is 10.1. The van der Waals surface area contributed by atoms with E-state index >= 15 is 0 Å². The van der Waals surface area contributed by atoms with Gasteiger partial charge in [-0.05, 0) is 42.5 Å². The molecule has 1 heterocycles. The molecule has 0 spiro atoms. The third-order valence-corrected chi connectivity index (χ3v) is 5.73. The maximum Gasteiger partial charge on any atom is 0.127 e. The van der Waals surface area contributed by atoms with Crippen LogP contribution in [-0.4, -0.2) is 21.3 Å². The summed E-state index contributed by atoms with van der Waals surface area (Å²) in [5, 5.41) is 8.91. The summed E-state index contributed by atoms with van der Waals surface area (Å²) in [6.45, 7) is 4.23. The van der Waals surface area contributed by atoms with Gasteiger partial charge in [0.2, 0.25) is 0 Å². The number of rotatable bonds is 7. The highest BCUT2D eigenvalue weighted by molar-refractivity contribution is 5.74. The fraction of sp³-hybridized carbons (Fsp3) is 0.240. The van der Waals surface area contributed by atoms with E-state index in [9.17, 15) is 4.79 Å². The van der Waals surface area contributed by atoms with E-state index < -0.39 is 0 Å². The van der Waals surface area contributed by atoms with Crippen molar-refractivity contribution >= 4 is 17.3 Å². The Morgan fingerprint density at radius 1 is 0.897 bits per heavy atom. The lowest BCUT2D eigenvalue weighted by molar-refractivity contribution is -0.110. The van der Waals surface area contributed by atoms with E-state index in [2.05, 4.69) is 48.4 Å². The van der Waals surface area contributed by atoms with Crippen molar-refractivity contribution in [3.63, 3.8) is 0 Å². The molecule has 3 unspecified atom stereocenters. The summed E-state index contributed by atoms with van der Waals surface area (Å²) < 4.78 is 1.99. The average molecular weight is 383 g/mol. The topological polar surface area (TPSA) is 47.8 Å². The first kappa shape index (κ1) is 19.1. The van der Waals surface area contributed by atoms with Gasteiger partial charge >= 0.3 is 0 Å². The molecule has 0 aliphatic carbocycles. The molecule has 0 amide bonds. The fourth-order valence-electron chi connectivity index (χ4n) is 4.20. The van der Waals surface area contributed by atoms with Crippen molar-refractivity contribution in [3.05, 3.63) is 95.6 Å². The Hall–Kier alpha value is -3.27. The Morgan fingerprint density at radius 2 is 1.59 bits per heavy atom. The molecule has 0 radical (unpaired) electrons. The maximum atomic E-state index is 12.3. The van der Waals surface area contributed by atoms with E-state index in [4.69, 9.17) is 0 Å². The minimum Gasteiger partial charge on any atom is -0.303 e. The molecule has 3 aromatic carbocycles. The molecule has 0 saturated carbocycles. The Balaban J connectivity index is 1.88. The van der Waals surface area contributed by atoms with Gasteiger partial charge in [0, 0.05) is 5.92 Å². The third kappa shape index (κ3) is 3.70. The van der Waals surface area contributed by atoms with E-state index in [1.807, 2.05) is 59.3 Å². The largest absolute Gasteiger partial charge is 0.303 e. The Bertz CT molecular complexity index is 1090. The molecule has 0 bridgehead atoms. The molecule has 0 saturated heterocycles. The zero-order valence-electron chi connectivity index (χ0n) is 16.8. The predicted octanol–water partition coefficient (Wildman–Crippen LogP) is 5.34. The minimum atomic E-state index is -0.226. The van der Waals surface area contributed by atoms with Crippen LogP contribution in [0.25, 0.3) is 11.0 Å². The van der Waals surface area contributed by atoms with Crippen molar-refractivity contribution in [2.75, 3.05) is 0 Å². The van der Waals surface area contributed by atoms with Crippen LogP contribution in [0.2, 0.25) is 0 Å². The second kappa shape index (κ2) is 8.39. The predicted molar refractivity (Wildman–Crippen MR) is 116 cm³/mol. The van der Waals surface area contributed by atoms with E-state index in [1.165, 1.54) is 5.56 Å². The van der Waals surface area contributed by atoms with Crippen LogP contribution < -0.4 is 0 Å². The maximum absolute atomic E-state index is 12.3. The lowest BCUT2D eigenvalue weighted by Crippen LogP contribution is -2.27. The van der Waals surface area contributed by atoms with Gasteiger partial charge in [0.25, 0.3) is 0 Å². The third-order valence-electron chi connectivity index (χ3n) is 5.73. The Labute approximate surface area is 171 Å². The number of nitrogens with zero attached hydrogens (tertiary/aromatic N) is 3. The average Bonchev–Trinajstić information content (AvgIpc) is 3.19. The van der Waals surface area contributed by atoms with Crippen LogP contribution >= 0.6 is 0 Å². The van der Waals surface area contributed by atoms with Crippen molar-refractivity contribution in [1.82, 2.24) is 15.0 Å². The smallest absolute Gasteiger partial charge is 0.127 e. The fourth-order valence-corrected chi connectivity index (χ4v) is 4.20. The first-order chi connectivity index (χ1) is 14.2. The van der Waals surface area contributed by atoms with E-state index in [0.29, 0.717) is 0 Å². The van der Waals surface area contributed by atoms with Crippen molar-refractivity contribution in [1.29, 1.82) is 0 Å². The van der Waals surface area contributed by atoms with Crippen LogP contribution in [0.15, 0.2) is 78.9 Å². The van der Waals surface area contributed by atoms with E-state index in [0.717, 1.165) is 34.9 Å². The van der Waals surface area contributed by atoms with Crippen LogP contribution in [0, 0.1) is 12.8 Å². The molecule has 4 nitrogen and oxygen atoms in total. The number of aromatic nitrogens is 3. The van der Waals surface area contributed by atoms with Gasteiger partial charge in [0.05, 0.1) is 11.6 Å². The van der Waals surface area contributed by atoms with Gasteiger partial charge in [0.1, 0.15) is 11.8 Å². The number of hydrogen-bond donors (Lipinski definition) is 0. The monoisotopic (exact) mass is 383 g/mol. The summed E-state index contributed by atoms with van der Waals surface area (Å²) in [7, 11) is 0. The molecule has 4 aromatic rings. The van der Waals surface area contributed by atoms with Crippen LogP contribution in [0.3, 0.4) is 0 Å². The van der Waals surface area contributed by atoms with Gasteiger partial charge in [-0.3, -0.25) is 0 Å². The van der Waals surface area contributed by atoms with Crippen LogP contribution in [0.1, 0.15) is 42.0 Å². The summed E-state index contributed by atoms with van der Waals surface area (Å²) in [5.74, 6) is -0.182. The van der Waals surface area contributed by atoms with Crippen molar-refractivity contribution in [2.24, 2.45) is 5.92 Å². The highest BCUT2D eigenvalue weighted by Gasteiger charge is 2.33. The molecule has 1 aromatic heterocycles. The first-order valence-electron chi connectivity index (χ1n) is 10.1. The number of hydrogen-bond acceptors (Lipinski definition) is 3. The quantitative estimate of drug-likeness (QED) is 0.405. The molecule has 4 rings (SSSR count). The second-order valence-corrected chi connectivity index (χ2v) is 7.52. The van der Waals surface area contributed by atoms with Gasteiger partial charge in [-0.25, -0.2) is 4.68 Å². The number of fused-ring (bicyclic) bond motifs is 1. The molecular weight excluding hydrogens is 358 g/mol. The van der Waals surface area contributed by atoms with Gasteiger partial charge in [-0.1, -0.05) is 84.4 Å². The summed E-state index contributed by atoms with van der Waals surface area (Å²) >= 11 is 0. The number of aldehydes is 1. The normalized spacial score (nSPS) is 14.4. The lowest BCUT2D eigenvalue weighted by Gasteiger charge is -2.31. The summed E-state index contributed by atoms with van der Waals surface area (Å²) in [4.78, 5) is 12.3. The standard InChI is InChI=1S/C25H25N3O/c1-3-21(22(17-29)19-9-5-4-6-10-19)25(20-15-13-18(2)14-16-20)28-24-12-8-7-11-23(24)26-27-28/h4-17,21-22,25H,3H2,1-2H3. The lowest BCUT2D eigenvalue weighted by atomic mass is 9.78. The van der Waals surface area contributed by atoms with Crippen molar-refractivity contribution in [2.45, 2.75) is 32.2 Å². The van der Waals surface area contributed by atoms with Crippen LogP contribution in [0.5, 0.6) is 0 Å². The molecular formula is C25H25N3O. The Kier molecular flexibility index (Phi) is 5.52. The number of carbonyl (C=O) groups is 1. The van der Waals surface area contributed by atoms with Gasteiger partial charge in [-0.15, -0.1) is 5.10 Å². The minimum absolute atomic E-state index is 0.0442. The summed E-state index contributed by atoms with van der Waals surface area (Å²) in [6.07, 6.45) is 1.93. The molecule has 3 atom stereocenters. The number of benzene rings is 3. The zero-order chi connectivity index (χ0) is 20.2. The van der Waals surface area contributed by atoms with E-state index in [1.54, 1.807) is 0 Å². The molecule has 0 N–H and O–H groups in total. The SMILES string of the molecule is CCC(C(C=O)c1ccccc1)C(c1ccc(C)cc1)n1nnc2ccccc21. The number of carbonyl (C=O) groups excluding carboxylic acids is 1. The van der Waals surface area contributed by atoms with Gasteiger partial charge < -0.3 is 4.79 Å². The molecule has 0 aliphatic heterocycles. The molecule has 0 aliphatic rings. The van der Waals surface area contributed by atoms with Crippen molar-refractivity contribution in [3.8, 4) is 0 Å². The Morgan fingerprint density at radius 3 is 2.28 bits per heavy atom. The van der Waals surface area contributed by atoms with Crippen LogP contribution in [-0.2, 0) is 4.79 Å². The highest BCUT2D eigenvalue weighted by Crippen LogP contribution is 2.39. The van der Waals surface area contributed by atoms with Gasteiger partial charge in [0.15, 0.2) is 0 Å². The number of aryl methyl sites for hydroxylation is 1. The number of para-hydroxylation sites is 1. The zero-order valence-corrected chi connectivity index (χ0v) is 16.8. The van der Waals surface area contributed by atoms with Crippen molar-refractivity contribution < 1.29 is 4.79 Å². The second-order valence-electron chi connectivity index (χ2n) is 7.52. The molecule has 4 heteroatoms. The molecule has 29 heavy (non-hydrogen) atoms. The molecule has 146 valence electrons.